The second kappa shape index (κ2) is 8.08. The van der Waals surface area contributed by atoms with Crippen molar-refractivity contribution in [2.24, 2.45) is 0 Å². The Kier molecular flexibility index (Phi) is 5.31. The summed E-state index contributed by atoms with van der Waals surface area (Å²) in [5, 5.41) is 11.9. The van der Waals surface area contributed by atoms with Crippen molar-refractivity contribution in [3.05, 3.63) is 88.0 Å². The van der Waals surface area contributed by atoms with Crippen LogP contribution >= 0.6 is 11.6 Å². The number of halogens is 2. The highest BCUT2D eigenvalue weighted by atomic mass is 35.5. The number of nitrogens with zero attached hydrogens (tertiary/aromatic N) is 1. The molecule has 2 N–H and O–H groups in total. The Balaban J connectivity index is 1.58. The van der Waals surface area contributed by atoms with Crippen molar-refractivity contribution < 1.29 is 28.3 Å². The van der Waals surface area contributed by atoms with Crippen LogP contribution in [0, 0.1) is 5.82 Å². The summed E-state index contributed by atoms with van der Waals surface area (Å²) in [5.41, 5.74) is 0.583. The summed E-state index contributed by atoms with van der Waals surface area (Å²) in [7, 11) is 0. The van der Waals surface area contributed by atoms with Gasteiger partial charge >= 0.3 is 12.0 Å². The molecule has 2 heterocycles. The minimum absolute atomic E-state index is 0.0346. The van der Waals surface area contributed by atoms with E-state index >= 15 is 0 Å². The van der Waals surface area contributed by atoms with Crippen LogP contribution in [0.2, 0.25) is 5.02 Å². The van der Waals surface area contributed by atoms with Gasteiger partial charge in [0, 0.05) is 17.2 Å². The number of urea groups is 1. The number of imide groups is 1. The quantitative estimate of drug-likeness (QED) is 0.448. The van der Waals surface area contributed by atoms with Crippen LogP contribution in [-0.4, -0.2) is 27.9 Å². The van der Waals surface area contributed by atoms with Gasteiger partial charge < -0.3 is 14.8 Å². The van der Waals surface area contributed by atoms with Gasteiger partial charge in [0.05, 0.1) is 17.1 Å². The van der Waals surface area contributed by atoms with Gasteiger partial charge in [-0.15, -0.1) is 0 Å². The standard InChI is InChI=1S/C22H14ClFN2O5/c23-16-7-5-12(21(28)29)9-15(16)19-8-6-14(31-19)10-18-20(27)26(22(30)25-18)11-13-3-1-2-4-17(13)24/h1-10H,11H2,(H,25,30)(H,28,29)/b18-10-. The number of hydrogen-bond donors (Lipinski definition) is 2. The molecule has 1 saturated heterocycles. The first-order valence-electron chi connectivity index (χ1n) is 9.04. The molecule has 0 bridgehead atoms. The molecule has 1 aliphatic rings. The molecule has 0 unspecified atom stereocenters. The van der Waals surface area contributed by atoms with Gasteiger partial charge in [-0.25, -0.2) is 14.0 Å². The molecule has 2 aromatic carbocycles. The van der Waals surface area contributed by atoms with Crippen molar-refractivity contribution in [2.75, 3.05) is 0 Å². The smallest absolute Gasteiger partial charge is 0.335 e. The third-order valence-corrected chi connectivity index (χ3v) is 4.97. The molecule has 31 heavy (non-hydrogen) atoms. The third kappa shape index (κ3) is 4.06. The number of benzene rings is 2. The number of carbonyl (C=O) groups excluding carboxylic acids is 2. The summed E-state index contributed by atoms with van der Waals surface area (Å²) in [6, 6.07) is 12.5. The van der Waals surface area contributed by atoms with E-state index in [1.807, 2.05) is 0 Å². The molecule has 0 radical (unpaired) electrons. The van der Waals surface area contributed by atoms with Crippen LogP contribution in [-0.2, 0) is 11.3 Å². The van der Waals surface area contributed by atoms with Gasteiger partial charge in [-0.3, -0.25) is 9.69 Å². The SMILES string of the molecule is O=C(O)c1ccc(Cl)c(-c2ccc(/C=C3\NC(=O)N(Cc4ccccc4F)C3=O)o2)c1. The van der Waals surface area contributed by atoms with E-state index in [2.05, 4.69) is 5.32 Å². The number of aromatic carboxylic acids is 1. The van der Waals surface area contributed by atoms with Gasteiger partial charge in [0.1, 0.15) is 23.0 Å². The third-order valence-electron chi connectivity index (χ3n) is 4.64. The highest BCUT2D eigenvalue weighted by Crippen LogP contribution is 2.31. The zero-order chi connectivity index (χ0) is 22.1. The Morgan fingerprint density at radius 1 is 1.16 bits per heavy atom. The summed E-state index contributed by atoms with van der Waals surface area (Å²) < 4.78 is 19.5. The van der Waals surface area contributed by atoms with Crippen LogP contribution in [0.15, 0.2) is 64.7 Å². The maximum atomic E-state index is 13.9. The van der Waals surface area contributed by atoms with Gasteiger partial charge in [-0.2, -0.15) is 0 Å². The van der Waals surface area contributed by atoms with E-state index in [9.17, 15) is 18.8 Å². The molecule has 3 aromatic rings. The van der Waals surface area contributed by atoms with Crippen LogP contribution in [0.4, 0.5) is 9.18 Å². The average Bonchev–Trinajstić information content (AvgIpc) is 3.30. The maximum absolute atomic E-state index is 13.9. The van der Waals surface area contributed by atoms with E-state index in [0.717, 1.165) is 4.90 Å². The molecule has 156 valence electrons. The fraction of sp³-hybridized carbons (Fsp3) is 0.0455. The van der Waals surface area contributed by atoms with Crippen molar-refractivity contribution in [3.8, 4) is 11.3 Å². The monoisotopic (exact) mass is 440 g/mol. The van der Waals surface area contributed by atoms with Crippen molar-refractivity contribution in [3.63, 3.8) is 0 Å². The number of amides is 3. The molecule has 3 amide bonds. The zero-order valence-corrected chi connectivity index (χ0v) is 16.5. The molecule has 0 spiro atoms. The molecule has 0 atom stereocenters. The highest BCUT2D eigenvalue weighted by molar-refractivity contribution is 6.33. The fourth-order valence-electron chi connectivity index (χ4n) is 3.08. The lowest BCUT2D eigenvalue weighted by atomic mass is 10.1. The van der Waals surface area contributed by atoms with Crippen LogP contribution in [0.5, 0.6) is 0 Å². The molecule has 0 aliphatic carbocycles. The first-order chi connectivity index (χ1) is 14.8. The maximum Gasteiger partial charge on any atom is 0.335 e. The minimum Gasteiger partial charge on any atom is -0.478 e. The van der Waals surface area contributed by atoms with E-state index < -0.39 is 23.7 Å². The van der Waals surface area contributed by atoms with Crippen LogP contribution in [0.3, 0.4) is 0 Å². The van der Waals surface area contributed by atoms with E-state index in [4.69, 9.17) is 21.1 Å². The Hall–Kier alpha value is -3.91. The molecular formula is C22H14ClFN2O5. The van der Waals surface area contributed by atoms with Gasteiger partial charge in [-0.1, -0.05) is 29.8 Å². The molecule has 9 heteroatoms. The highest BCUT2D eigenvalue weighted by Gasteiger charge is 2.34. The second-order valence-corrected chi connectivity index (χ2v) is 7.08. The van der Waals surface area contributed by atoms with Gasteiger partial charge in [0.25, 0.3) is 5.91 Å². The average molecular weight is 441 g/mol. The van der Waals surface area contributed by atoms with Gasteiger partial charge in [0.15, 0.2) is 0 Å². The van der Waals surface area contributed by atoms with Crippen molar-refractivity contribution in [2.45, 2.75) is 6.54 Å². The zero-order valence-electron chi connectivity index (χ0n) is 15.8. The van der Waals surface area contributed by atoms with Crippen LogP contribution in [0.25, 0.3) is 17.4 Å². The Labute approximate surface area is 180 Å². The summed E-state index contributed by atoms with van der Waals surface area (Å²) in [6.45, 7) is -0.213. The van der Waals surface area contributed by atoms with Gasteiger partial charge in [-0.05, 0) is 36.4 Å². The van der Waals surface area contributed by atoms with Crippen molar-refractivity contribution in [1.82, 2.24) is 10.2 Å². The van der Waals surface area contributed by atoms with E-state index in [0.29, 0.717) is 16.3 Å². The molecule has 0 saturated carbocycles. The second-order valence-electron chi connectivity index (χ2n) is 6.67. The lowest BCUT2D eigenvalue weighted by Crippen LogP contribution is -2.30. The molecule has 1 aromatic heterocycles. The molecule has 1 aliphatic heterocycles. The number of furan rings is 1. The number of rotatable bonds is 5. The van der Waals surface area contributed by atoms with E-state index in [1.54, 1.807) is 18.2 Å². The van der Waals surface area contributed by atoms with Crippen molar-refractivity contribution in [1.29, 1.82) is 0 Å². The molecule has 1 fully saturated rings. The normalized spacial score (nSPS) is 14.9. The largest absolute Gasteiger partial charge is 0.478 e. The minimum atomic E-state index is -1.11. The lowest BCUT2D eigenvalue weighted by Gasteiger charge is -2.12. The van der Waals surface area contributed by atoms with Gasteiger partial charge in [0.2, 0.25) is 0 Å². The number of hydrogen-bond acceptors (Lipinski definition) is 4. The summed E-state index contributed by atoms with van der Waals surface area (Å²) in [5.74, 6) is -1.72. The fourth-order valence-corrected chi connectivity index (χ4v) is 3.29. The Bertz CT molecular complexity index is 1250. The van der Waals surface area contributed by atoms with E-state index in [-0.39, 0.29) is 29.1 Å². The number of carbonyl (C=O) groups is 3. The lowest BCUT2D eigenvalue weighted by molar-refractivity contribution is -0.123. The number of carboxylic acids is 1. The Morgan fingerprint density at radius 3 is 2.68 bits per heavy atom. The summed E-state index contributed by atoms with van der Waals surface area (Å²) in [6.07, 6.45) is 1.33. The summed E-state index contributed by atoms with van der Waals surface area (Å²) in [4.78, 5) is 36.9. The van der Waals surface area contributed by atoms with Crippen LogP contribution < -0.4 is 5.32 Å². The molecular weight excluding hydrogens is 427 g/mol. The Morgan fingerprint density at radius 2 is 1.94 bits per heavy atom. The molecule has 4 rings (SSSR count). The summed E-state index contributed by atoms with van der Waals surface area (Å²) >= 11 is 6.15. The number of carboxylic acid groups (broad SMARTS) is 1. The van der Waals surface area contributed by atoms with Crippen LogP contribution in [0.1, 0.15) is 21.7 Å². The van der Waals surface area contributed by atoms with Crippen molar-refractivity contribution >= 4 is 35.6 Å². The van der Waals surface area contributed by atoms with E-state index in [1.165, 1.54) is 42.5 Å². The topological polar surface area (TPSA) is 99.9 Å². The first-order valence-corrected chi connectivity index (χ1v) is 9.42. The predicted octanol–water partition coefficient (Wildman–Crippen LogP) is 4.53. The predicted molar refractivity (Wildman–Crippen MR) is 110 cm³/mol. The number of nitrogens with one attached hydrogen (secondary N) is 1. The molecule has 7 nitrogen and oxygen atoms in total. The first kappa shape index (κ1) is 20.4.